The van der Waals surface area contributed by atoms with Crippen molar-refractivity contribution in [1.29, 1.82) is 0 Å². The minimum absolute atomic E-state index is 0.214. The summed E-state index contributed by atoms with van der Waals surface area (Å²) in [4.78, 5) is 11.5. The summed E-state index contributed by atoms with van der Waals surface area (Å²) in [6.45, 7) is 8.61. The number of carbonyl (C=O) groups excluding carboxylic acids is 1. The standard InChI is InChI=1S/C11H20O2/c1-5-10(8-13-6-2)11(12)7-9(3)4/h8-9H,5-7H2,1-4H3/b10-8-. The number of Topliss-reactive ketones (excluding diaryl/α,β-unsaturated/α-hetero) is 1. The Hall–Kier alpha value is -0.790. The molecule has 0 aromatic heterocycles. The summed E-state index contributed by atoms with van der Waals surface area (Å²) in [5.41, 5.74) is 0.801. The number of carbonyl (C=O) groups is 1. The molecule has 76 valence electrons. The van der Waals surface area contributed by atoms with Crippen LogP contribution in [0.5, 0.6) is 0 Å². The summed E-state index contributed by atoms with van der Waals surface area (Å²) < 4.78 is 5.11. The van der Waals surface area contributed by atoms with Crippen LogP contribution in [0.15, 0.2) is 11.8 Å². The third-order valence-corrected chi connectivity index (χ3v) is 1.72. The second kappa shape index (κ2) is 6.70. The maximum absolute atomic E-state index is 11.5. The van der Waals surface area contributed by atoms with Crippen molar-refractivity contribution < 1.29 is 9.53 Å². The average molecular weight is 184 g/mol. The molecule has 0 heterocycles. The second-order valence-corrected chi connectivity index (χ2v) is 3.47. The Balaban J connectivity index is 4.14. The van der Waals surface area contributed by atoms with Crippen molar-refractivity contribution in [2.24, 2.45) is 5.92 Å². The van der Waals surface area contributed by atoms with Crippen molar-refractivity contribution in [2.45, 2.75) is 40.5 Å². The highest BCUT2D eigenvalue weighted by Gasteiger charge is 2.09. The number of ether oxygens (including phenoxy) is 1. The smallest absolute Gasteiger partial charge is 0.162 e. The zero-order valence-electron chi connectivity index (χ0n) is 9.09. The Labute approximate surface area is 81.0 Å². The maximum Gasteiger partial charge on any atom is 0.162 e. The van der Waals surface area contributed by atoms with E-state index >= 15 is 0 Å². The van der Waals surface area contributed by atoms with E-state index in [0.717, 1.165) is 12.0 Å². The van der Waals surface area contributed by atoms with Crippen LogP contribution in [0, 0.1) is 5.92 Å². The second-order valence-electron chi connectivity index (χ2n) is 3.47. The van der Waals surface area contributed by atoms with Crippen LogP contribution in [-0.2, 0) is 9.53 Å². The average Bonchev–Trinajstić information content (AvgIpc) is 2.04. The lowest BCUT2D eigenvalue weighted by molar-refractivity contribution is -0.116. The SMILES string of the molecule is CCO/C=C(/CC)C(=O)CC(C)C. The number of rotatable bonds is 6. The van der Waals surface area contributed by atoms with Gasteiger partial charge in [0.1, 0.15) is 0 Å². The van der Waals surface area contributed by atoms with Crippen LogP contribution in [0.2, 0.25) is 0 Å². The van der Waals surface area contributed by atoms with Gasteiger partial charge in [0.15, 0.2) is 5.78 Å². The summed E-state index contributed by atoms with van der Waals surface area (Å²) >= 11 is 0. The van der Waals surface area contributed by atoms with E-state index in [-0.39, 0.29) is 5.78 Å². The maximum atomic E-state index is 11.5. The summed E-state index contributed by atoms with van der Waals surface area (Å²) in [6.07, 6.45) is 2.98. The van der Waals surface area contributed by atoms with Gasteiger partial charge in [-0.15, -0.1) is 0 Å². The molecule has 13 heavy (non-hydrogen) atoms. The van der Waals surface area contributed by atoms with Gasteiger partial charge >= 0.3 is 0 Å². The fourth-order valence-corrected chi connectivity index (χ4v) is 1.03. The predicted molar refractivity (Wildman–Crippen MR) is 54.5 cm³/mol. The van der Waals surface area contributed by atoms with Gasteiger partial charge in [0.2, 0.25) is 0 Å². The van der Waals surface area contributed by atoms with Crippen molar-refractivity contribution in [3.8, 4) is 0 Å². The van der Waals surface area contributed by atoms with Gasteiger partial charge in [0, 0.05) is 12.0 Å². The highest BCUT2D eigenvalue weighted by atomic mass is 16.5. The molecule has 0 aliphatic carbocycles. The number of allylic oxidation sites excluding steroid dienone is 1. The van der Waals surface area contributed by atoms with Crippen molar-refractivity contribution in [3.05, 3.63) is 11.8 Å². The van der Waals surface area contributed by atoms with Crippen molar-refractivity contribution >= 4 is 5.78 Å². The minimum atomic E-state index is 0.214. The highest BCUT2D eigenvalue weighted by molar-refractivity contribution is 5.95. The molecule has 0 bridgehead atoms. The van der Waals surface area contributed by atoms with E-state index in [1.807, 2.05) is 27.7 Å². The van der Waals surface area contributed by atoms with Crippen molar-refractivity contribution in [3.63, 3.8) is 0 Å². The molecule has 2 heteroatoms. The van der Waals surface area contributed by atoms with E-state index in [0.29, 0.717) is 18.9 Å². The van der Waals surface area contributed by atoms with Gasteiger partial charge in [-0.3, -0.25) is 4.79 Å². The molecule has 0 saturated carbocycles. The molecule has 0 amide bonds. The van der Waals surface area contributed by atoms with Crippen molar-refractivity contribution in [2.75, 3.05) is 6.61 Å². The van der Waals surface area contributed by atoms with Gasteiger partial charge in [-0.1, -0.05) is 20.8 Å². The van der Waals surface area contributed by atoms with Crippen LogP contribution in [-0.4, -0.2) is 12.4 Å². The largest absolute Gasteiger partial charge is 0.501 e. The normalized spacial score (nSPS) is 11.9. The summed E-state index contributed by atoms with van der Waals surface area (Å²) in [5.74, 6) is 0.634. The lowest BCUT2D eigenvalue weighted by atomic mass is 10.0. The molecule has 0 saturated heterocycles. The van der Waals surface area contributed by atoms with E-state index < -0.39 is 0 Å². The molecule has 0 rings (SSSR count). The molecule has 0 N–H and O–H groups in total. The molecule has 0 aliphatic heterocycles. The Morgan fingerprint density at radius 1 is 1.38 bits per heavy atom. The van der Waals surface area contributed by atoms with Gasteiger partial charge in [-0.05, 0) is 19.3 Å². The van der Waals surface area contributed by atoms with Crippen LogP contribution in [0.4, 0.5) is 0 Å². The molecule has 0 aromatic rings. The van der Waals surface area contributed by atoms with Crippen LogP contribution in [0.3, 0.4) is 0 Å². The minimum Gasteiger partial charge on any atom is -0.501 e. The van der Waals surface area contributed by atoms with E-state index in [1.165, 1.54) is 0 Å². The molecule has 0 aliphatic rings. The predicted octanol–water partition coefficient (Wildman–Crippen LogP) is 2.93. The van der Waals surface area contributed by atoms with Crippen LogP contribution >= 0.6 is 0 Å². The molecule has 0 atom stereocenters. The van der Waals surface area contributed by atoms with Crippen LogP contribution in [0.25, 0.3) is 0 Å². The van der Waals surface area contributed by atoms with Gasteiger partial charge in [-0.25, -0.2) is 0 Å². The Morgan fingerprint density at radius 2 is 2.00 bits per heavy atom. The van der Waals surface area contributed by atoms with Crippen LogP contribution in [0.1, 0.15) is 40.5 Å². The van der Waals surface area contributed by atoms with Gasteiger partial charge in [0.25, 0.3) is 0 Å². The van der Waals surface area contributed by atoms with Gasteiger partial charge in [0.05, 0.1) is 12.9 Å². The summed E-state index contributed by atoms with van der Waals surface area (Å²) in [6, 6.07) is 0. The quantitative estimate of drug-likeness (QED) is 0.468. The molecular weight excluding hydrogens is 164 g/mol. The summed E-state index contributed by atoms with van der Waals surface area (Å²) in [5, 5.41) is 0. The zero-order valence-corrected chi connectivity index (χ0v) is 9.09. The first kappa shape index (κ1) is 12.2. The van der Waals surface area contributed by atoms with Crippen LogP contribution < -0.4 is 0 Å². The zero-order chi connectivity index (χ0) is 10.3. The Morgan fingerprint density at radius 3 is 2.38 bits per heavy atom. The molecule has 0 unspecified atom stereocenters. The van der Waals surface area contributed by atoms with Gasteiger partial charge in [-0.2, -0.15) is 0 Å². The third kappa shape index (κ3) is 5.45. The van der Waals surface area contributed by atoms with E-state index in [4.69, 9.17) is 4.74 Å². The number of ketones is 1. The molecule has 0 aromatic carbocycles. The summed E-state index contributed by atoms with van der Waals surface area (Å²) in [7, 11) is 0. The monoisotopic (exact) mass is 184 g/mol. The first-order valence-electron chi connectivity index (χ1n) is 4.95. The lowest BCUT2D eigenvalue weighted by Gasteiger charge is -2.06. The lowest BCUT2D eigenvalue weighted by Crippen LogP contribution is -2.06. The van der Waals surface area contributed by atoms with Crippen molar-refractivity contribution in [1.82, 2.24) is 0 Å². The Kier molecular flexibility index (Phi) is 6.29. The van der Waals surface area contributed by atoms with Gasteiger partial charge < -0.3 is 4.74 Å². The molecular formula is C11H20O2. The fraction of sp³-hybridized carbons (Fsp3) is 0.727. The third-order valence-electron chi connectivity index (χ3n) is 1.72. The first-order valence-corrected chi connectivity index (χ1v) is 4.95. The fourth-order valence-electron chi connectivity index (χ4n) is 1.03. The molecule has 0 radical (unpaired) electrons. The molecule has 0 fully saturated rings. The van der Waals surface area contributed by atoms with E-state index in [1.54, 1.807) is 6.26 Å². The molecule has 2 nitrogen and oxygen atoms in total. The highest BCUT2D eigenvalue weighted by Crippen LogP contribution is 2.10. The van der Waals surface area contributed by atoms with E-state index in [2.05, 4.69) is 0 Å². The Bertz CT molecular complexity index is 181. The number of hydrogen-bond acceptors (Lipinski definition) is 2. The first-order chi connectivity index (χ1) is 6.11. The topological polar surface area (TPSA) is 26.3 Å². The molecule has 0 spiro atoms. The number of hydrogen-bond donors (Lipinski definition) is 0. The van der Waals surface area contributed by atoms with E-state index in [9.17, 15) is 4.79 Å².